The maximum absolute atomic E-state index is 12.7. The van der Waals surface area contributed by atoms with E-state index in [4.69, 9.17) is 0 Å². The molecule has 3 aromatic heterocycles. The molecule has 0 aliphatic carbocycles. The Morgan fingerprint density at radius 1 is 1.25 bits per heavy atom. The largest absolute Gasteiger partial charge is 0.342 e. The first kappa shape index (κ1) is 18.4. The van der Waals surface area contributed by atoms with Gasteiger partial charge in [-0.2, -0.15) is 5.10 Å². The Morgan fingerprint density at radius 2 is 2.18 bits per heavy atom. The van der Waals surface area contributed by atoms with E-state index >= 15 is 0 Å². The molecule has 1 atom stereocenters. The zero-order valence-electron chi connectivity index (χ0n) is 16.2. The number of likely N-dealkylation sites (tertiary alicyclic amines) is 1. The van der Waals surface area contributed by atoms with Crippen LogP contribution >= 0.6 is 0 Å². The molecule has 7 nitrogen and oxygen atoms in total. The summed E-state index contributed by atoms with van der Waals surface area (Å²) in [4.78, 5) is 23.6. The summed E-state index contributed by atoms with van der Waals surface area (Å²) in [7, 11) is 1.90. The van der Waals surface area contributed by atoms with Gasteiger partial charge < -0.3 is 9.47 Å². The van der Waals surface area contributed by atoms with Gasteiger partial charge in [-0.1, -0.05) is 6.07 Å². The SMILES string of the molecule is Cn1cc(CCC(=O)N2CCC[C@@H](c3nccn3Cc3cccnc3)C2)cn1. The van der Waals surface area contributed by atoms with E-state index in [1.165, 1.54) is 0 Å². The third-order valence-electron chi connectivity index (χ3n) is 5.35. The van der Waals surface area contributed by atoms with Gasteiger partial charge in [0, 0.05) is 63.5 Å². The van der Waals surface area contributed by atoms with Crippen molar-refractivity contribution in [3.8, 4) is 0 Å². The van der Waals surface area contributed by atoms with Crippen LogP contribution in [0.25, 0.3) is 0 Å². The first-order valence-electron chi connectivity index (χ1n) is 9.84. The molecule has 7 heteroatoms. The Kier molecular flexibility index (Phi) is 5.50. The molecular weight excluding hydrogens is 352 g/mol. The van der Waals surface area contributed by atoms with Crippen LogP contribution in [0.4, 0.5) is 0 Å². The van der Waals surface area contributed by atoms with Gasteiger partial charge in [0.05, 0.1) is 12.7 Å². The van der Waals surface area contributed by atoms with Crippen molar-refractivity contribution in [1.29, 1.82) is 0 Å². The van der Waals surface area contributed by atoms with Crippen LogP contribution < -0.4 is 0 Å². The van der Waals surface area contributed by atoms with Gasteiger partial charge in [0.25, 0.3) is 0 Å². The smallest absolute Gasteiger partial charge is 0.222 e. The molecule has 146 valence electrons. The molecule has 4 heterocycles. The summed E-state index contributed by atoms with van der Waals surface area (Å²) in [6, 6.07) is 4.03. The van der Waals surface area contributed by atoms with Crippen LogP contribution in [-0.4, -0.2) is 48.2 Å². The predicted octanol–water partition coefficient (Wildman–Crippen LogP) is 2.40. The van der Waals surface area contributed by atoms with Gasteiger partial charge in [-0.3, -0.25) is 14.5 Å². The Balaban J connectivity index is 1.38. The summed E-state index contributed by atoms with van der Waals surface area (Å²) in [5, 5.41) is 4.17. The zero-order chi connectivity index (χ0) is 19.3. The molecule has 1 aliphatic heterocycles. The number of carbonyl (C=O) groups is 1. The summed E-state index contributed by atoms with van der Waals surface area (Å²) in [6.07, 6.45) is 14.7. The molecule has 3 aromatic rings. The highest BCUT2D eigenvalue weighted by Crippen LogP contribution is 2.27. The average molecular weight is 378 g/mol. The Bertz CT molecular complexity index is 916. The van der Waals surface area contributed by atoms with E-state index < -0.39 is 0 Å². The molecule has 1 amide bonds. The Morgan fingerprint density at radius 3 is 2.96 bits per heavy atom. The number of hydrogen-bond acceptors (Lipinski definition) is 4. The first-order chi connectivity index (χ1) is 13.7. The van der Waals surface area contributed by atoms with E-state index in [1.54, 1.807) is 10.9 Å². The van der Waals surface area contributed by atoms with Crippen LogP contribution in [0.3, 0.4) is 0 Å². The summed E-state index contributed by atoms with van der Waals surface area (Å²) >= 11 is 0. The standard InChI is InChI=1S/C21H26N6O/c1-25-14-18(13-24-25)6-7-20(28)26-10-3-5-19(16-26)21-23-9-11-27(21)15-17-4-2-8-22-12-17/h2,4,8-9,11-14,19H,3,5-7,10,15-16H2,1H3/t19-/m1/s1. The molecular formula is C21H26N6O. The maximum atomic E-state index is 12.7. The van der Waals surface area contributed by atoms with Crippen molar-refractivity contribution in [2.24, 2.45) is 7.05 Å². The van der Waals surface area contributed by atoms with Crippen molar-refractivity contribution >= 4 is 5.91 Å². The van der Waals surface area contributed by atoms with Gasteiger partial charge >= 0.3 is 0 Å². The molecule has 0 N–H and O–H groups in total. The van der Waals surface area contributed by atoms with Crippen molar-refractivity contribution in [1.82, 2.24) is 29.2 Å². The molecule has 1 saturated heterocycles. The van der Waals surface area contributed by atoms with Crippen LogP contribution in [0, 0.1) is 0 Å². The fraction of sp³-hybridized carbons (Fsp3) is 0.429. The van der Waals surface area contributed by atoms with Gasteiger partial charge in [0.1, 0.15) is 5.82 Å². The van der Waals surface area contributed by atoms with Crippen LogP contribution in [-0.2, 0) is 24.8 Å². The van der Waals surface area contributed by atoms with E-state index in [0.29, 0.717) is 6.42 Å². The van der Waals surface area contributed by atoms with E-state index in [0.717, 1.165) is 55.8 Å². The molecule has 1 fully saturated rings. The number of hydrogen-bond donors (Lipinski definition) is 0. The highest BCUT2D eigenvalue weighted by Gasteiger charge is 2.27. The number of amides is 1. The molecule has 4 rings (SSSR count). The van der Waals surface area contributed by atoms with Crippen LogP contribution in [0.15, 0.2) is 49.3 Å². The fourth-order valence-electron chi connectivity index (χ4n) is 3.93. The minimum absolute atomic E-state index is 0.221. The van der Waals surface area contributed by atoms with Gasteiger partial charge in [0.15, 0.2) is 0 Å². The van der Waals surface area contributed by atoms with Gasteiger partial charge in [-0.25, -0.2) is 4.98 Å². The third-order valence-corrected chi connectivity index (χ3v) is 5.35. The molecule has 0 spiro atoms. The number of rotatable bonds is 6. The lowest BCUT2D eigenvalue weighted by atomic mass is 9.96. The summed E-state index contributed by atoms with van der Waals surface area (Å²) in [6.45, 7) is 2.34. The van der Waals surface area contributed by atoms with Gasteiger partial charge in [0.2, 0.25) is 5.91 Å². The maximum Gasteiger partial charge on any atom is 0.222 e. The fourth-order valence-corrected chi connectivity index (χ4v) is 3.93. The monoisotopic (exact) mass is 378 g/mol. The number of aromatic nitrogens is 5. The van der Waals surface area contributed by atoms with Crippen molar-refractivity contribution in [2.45, 2.75) is 38.1 Å². The first-order valence-corrected chi connectivity index (χ1v) is 9.84. The molecule has 0 unspecified atom stereocenters. The molecule has 0 saturated carbocycles. The van der Waals surface area contributed by atoms with Crippen molar-refractivity contribution < 1.29 is 4.79 Å². The van der Waals surface area contributed by atoms with Gasteiger partial charge in [-0.15, -0.1) is 0 Å². The highest BCUT2D eigenvalue weighted by molar-refractivity contribution is 5.76. The number of aryl methyl sites for hydroxylation is 2. The van der Waals surface area contributed by atoms with Crippen molar-refractivity contribution in [3.05, 3.63) is 66.3 Å². The van der Waals surface area contributed by atoms with E-state index in [1.807, 2.05) is 49.0 Å². The van der Waals surface area contributed by atoms with E-state index in [2.05, 4.69) is 25.7 Å². The van der Waals surface area contributed by atoms with E-state index in [9.17, 15) is 4.79 Å². The number of piperidine rings is 1. The number of nitrogens with zero attached hydrogens (tertiary/aromatic N) is 6. The van der Waals surface area contributed by atoms with Crippen LogP contribution in [0.5, 0.6) is 0 Å². The van der Waals surface area contributed by atoms with Crippen molar-refractivity contribution in [2.75, 3.05) is 13.1 Å². The highest BCUT2D eigenvalue weighted by atomic mass is 16.2. The number of carbonyl (C=O) groups excluding carboxylic acids is 1. The Labute approximate surface area is 165 Å². The lowest BCUT2D eigenvalue weighted by molar-refractivity contribution is -0.132. The molecule has 0 radical (unpaired) electrons. The second-order valence-electron chi connectivity index (χ2n) is 7.48. The zero-order valence-corrected chi connectivity index (χ0v) is 16.2. The van der Waals surface area contributed by atoms with Crippen LogP contribution in [0.1, 0.15) is 42.1 Å². The number of pyridine rings is 1. The lowest BCUT2D eigenvalue weighted by Crippen LogP contribution is -2.39. The summed E-state index contributed by atoms with van der Waals surface area (Å²) < 4.78 is 3.96. The van der Waals surface area contributed by atoms with E-state index in [-0.39, 0.29) is 11.8 Å². The Hall–Kier alpha value is -2.96. The average Bonchev–Trinajstić information content (AvgIpc) is 3.36. The normalized spacial score (nSPS) is 17.0. The molecule has 28 heavy (non-hydrogen) atoms. The van der Waals surface area contributed by atoms with Crippen molar-refractivity contribution in [3.63, 3.8) is 0 Å². The lowest BCUT2D eigenvalue weighted by Gasteiger charge is -2.33. The minimum Gasteiger partial charge on any atom is -0.342 e. The van der Waals surface area contributed by atoms with Crippen LogP contribution in [0.2, 0.25) is 0 Å². The summed E-state index contributed by atoms with van der Waals surface area (Å²) in [5.41, 5.74) is 2.26. The molecule has 0 bridgehead atoms. The third kappa shape index (κ3) is 4.30. The molecule has 1 aliphatic rings. The van der Waals surface area contributed by atoms with Gasteiger partial charge in [-0.05, 0) is 36.5 Å². The second-order valence-corrected chi connectivity index (χ2v) is 7.48. The minimum atomic E-state index is 0.221. The summed E-state index contributed by atoms with van der Waals surface area (Å²) in [5.74, 6) is 1.57. The topological polar surface area (TPSA) is 68.8 Å². The quantitative estimate of drug-likeness (QED) is 0.660. The molecule has 0 aromatic carbocycles. The predicted molar refractivity (Wildman–Crippen MR) is 106 cm³/mol. The second kappa shape index (κ2) is 8.37. The number of imidazole rings is 1.